The summed E-state index contributed by atoms with van der Waals surface area (Å²) in [6.07, 6.45) is 0.475. The van der Waals surface area contributed by atoms with Crippen LogP contribution in [0.5, 0.6) is 0 Å². The van der Waals surface area contributed by atoms with Crippen molar-refractivity contribution in [2.75, 3.05) is 14.1 Å². The second-order valence-corrected chi connectivity index (χ2v) is 5.20. The third kappa shape index (κ3) is 3.16. The van der Waals surface area contributed by atoms with Crippen molar-refractivity contribution in [1.82, 2.24) is 14.7 Å². The van der Waals surface area contributed by atoms with Crippen molar-refractivity contribution in [3.63, 3.8) is 0 Å². The molecule has 0 radical (unpaired) electrons. The van der Waals surface area contributed by atoms with Crippen LogP contribution >= 0.6 is 0 Å². The van der Waals surface area contributed by atoms with E-state index in [4.69, 9.17) is 4.74 Å². The van der Waals surface area contributed by atoms with E-state index in [9.17, 15) is 9.59 Å². The number of carbonyl (C=O) groups excluding carboxylic acids is 2. The average molecular weight is 301 g/mol. The van der Waals surface area contributed by atoms with Gasteiger partial charge in [-0.25, -0.2) is 4.79 Å². The zero-order valence-electron chi connectivity index (χ0n) is 13.1. The number of benzene rings is 1. The molecule has 2 rings (SSSR count). The Kier molecular flexibility index (Phi) is 4.60. The standard InChI is InChI=1S/C16H19N3O3/c1-11-13(10-17-19(11)4)16(21)22-14(15(20)18(2)3)12-8-6-5-7-9-12/h5-10,14H,1-4H3/t14-/m0/s1. The van der Waals surface area contributed by atoms with Gasteiger partial charge in [-0.1, -0.05) is 30.3 Å². The molecule has 1 aromatic carbocycles. The van der Waals surface area contributed by atoms with Crippen LogP contribution in [0.25, 0.3) is 0 Å². The van der Waals surface area contributed by atoms with E-state index in [2.05, 4.69) is 5.10 Å². The van der Waals surface area contributed by atoms with Gasteiger partial charge < -0.3 is 9.64 Å². The minimum Gasteiger partial charge on any atom is -0.444 e. The van der Waals surface area contributed by atoms with Crippen molar-refractivity contribution in [3.8, 4) is 0 Å². The maximum absolute atomic E-state index is 12.3. The summed E-state index contributed by atoms with van der Waals surface area (Å²) in [5.41, 5.74) is 1.68. The van der Waals surface area contributed by atoms with Gasteiger partial charge in [-0.15, -0.1) is 0 Å². The van der Waals surface area contributed by atoms with Gasteiger partial charge in [0.15, 0.2) is 0 Å². The summed E-state index contributed by atoms with van der Waals surface area (Å²) < 4.78 is 7.04. The van der Waals surface area contributed by atoms with Crippen molar-refractivity contribution in [2.24, 2.45) is 7.05 Å². The van der Waals surface area contributed by atoms with E-state index in [0.717, 1.165) is 0 Å². The summed E-state index contributed by atoms with van der Waals surface area (Å²) in [5.74, 6) is -0.851. The lowest BCUT2D eigenvalue weighted by atomic mass is 10.1. The highest BCUT2D eigenvalue weighted by Crippen LogP contribution is 2.22. The van der Waals surface area contributed by atoms with Gasteiger partial charge >= 0.3 is 5.97 Å². The minimum atomic E-state index is -0.969. The predicted molar refractivity (Wildman–Crippen MR) is 81.2 cm³/mol. The van der Waals surface area contributed by atoms with Crippen molar-refractivity contribution >= 4 is 11.9 Å². The molecule has 0 unspecified atom stereocenters. The number of likely N-dealkylation sites (N-methyl/N-ethyl adjacent to an activating group) is 1. The maximum atomic E-state index is 12.3. The molecule has 1 heterocycles. The van der Waals surface area contributed by atoms with E-state index in [1.165, 1.54) is 11.1 Å². The first-order chi connectivity index (χ1) is 10.4. The van der Waals surface area contributed by atoms with Crippen molar-refractivity contribution < 1.29 is 14.3 Å². The van der Waals surface area contributed by atoms with Crippen molar-refractivity contribution in [1.29, 1.82) is 0 Å². The lowest BCUT2D eigenvalue weighted by Gasteiger charge is -2.21. The highest BCUT2D eigenvalue weighted by Gasteiger charge is 2.28. The summed E-state index contributed by atoms with van der Waals surface area (Å²) >= 11 is 0. The van der Waals surface area contributed by atoms with Crippen LogP contribution in [0, 0.1) is 6.92 Å². The Morgan fingerprint density at radius 3 is 2.36 bits per heavy atom. The van der Waals surface area contributed by atoms with Crippen molar-refractivity contribution in [2.45, 2.75) is 13.0 Å². The van der Waals surface area contributed by atoms with E-state index in [1.807, 2.05) is 6.07 Å². The number of carbonyl (C=O) groups is 2. The molecule has 0 fully saturated rings. The Labute approximate surface area is 129 Å². The SMILES string of the molecule is Cc1c(C(=O)O[C@H](C(=O)N(C)C)c2ccccc2)cnn1C. The molecular weight excluding hydrogens is 282 g/mol. The number of rotatable bonds is 4. The van der Waals surface area contributed by atoms with Crippen LogP contribution in [-0.2, 0) is 16.6 Å². The second kappa shape index (κ2) is 6.43. The van der Waals surface area contributed by atoms with Crippen LogP contribution < -0.4 is 0 Å². The van der Waals surface area contributed by atoms with Crippen LogP contribution in [0.4, 0.5) is 0 Å². The number of esters is 1. The molecule has 0 spiro atoms. The van der Waals surface area contributed by atoms with E-state index < -0.39 is 12.1 Å². The molecule has 0 saturated heterocycles. The van der Waals surface area contributed by atoms with Gasteiger partial charge in [0.2, 0.25) is 6.10 Å². The number of ether oxygens (including phenoxy) is 1. The summed E-state index contributed by atoms with van der Waals surface area (Å²) in [7, 11) is 4.99. The average Bonchev–Trinajstić information content (AvgIpc) is 2.84. The highest BCUT2D eigenvalue weighted by atomic mass is 16.5. The fraction of sp³-hybridized carbons (Fsp3) is 0.312. The minimum absolute atomic E-state index is 0.291. The Morgan fingerprint density at radius 2 is 1.86 bits per heavy atom. The lowest BCUT2D eigenvalue weighted by molar-refractivity contribution is -0.138. The van der Waals surface area contributed by atoms with Gasteiger partial charge in [-0.05, 0) is 6.92 Å². The van der Waals surface area contributed by atoms with Gasteiger partial charge in [-0.2, -0.15) is 5.10 Å². The molecule has 0 N–H and O–H groups in total. The second-order valence-electron chi connectivity index (χ2n) is 5.20. The summed E-state index contributed by atoms with van der Waals surface area (Å²) in [4.78, 5) is 26.1. The first kappa shape index (κ1) is 15.8. The molecule has 1 amide bonds. The molecule has 2 aromatic rings. The largest absolute Gasteiger partial charge is 0.444 e. The van der Waals surface area contributed by atoms with Crippen LogP contribution in [0.2, 0.25) is 0 Å². The van der Waals surface area contributed by atoms with Crippen molar-refractivity contribution in [3.05, 3.63) is 53.3 Å². The first-order valence-electron chi connectivity index (χ1n) is 6.87. The Hall–Kier alpha value is -2.63. The van der Waals surface area contributed by atoms with E-state index >= 15 is 0 Å². The zero-order chi connectivity index (χ0) is 16.3. The maximum Gasteiger partial charge on any atom is 0.342 e. The molecular formula is C16H19N3O3. The van der Waals surface area contributed by atoms with E-state index in [-0.39, 0.29) is 5.91 Å². The number of aromatic nitrogens is 2. The van der Waals surface area contributed by atoms with Gasteiger partial charge in [0.25, 0.3) is 5.91 Å². The molecule has 0 aliphatic rings. The Morgan fingerprint density at radius 1 is 1.23 bits per heavy atom. The number of hydrogen-bond donors (Lipinski definition) is 0. The third-order valence-electron chi connectivity index (χ3n) is 3.45. The van der Waals surface area contributed by atoms with Crippen LogP contribution in [0.3, 0.4) is 0 Å². The molecule has 116 valence electrons. The fourth-order valence-corrected chi connectivity index (χ4v) is 1.99. The number of aryl methyl sites for hydroxylation is 1. The van der Waals surface area contributed by atoms with Gasteiger partial charge in [0.1, 0.15) is 5.56 Å². The monoisotopic (exact) mass is 301 g/mol. The Balaban J connectivity index is 2.29. The molecule has 0 aliphatic carbocycles. The van der Waals surface area contributed by atoms with Crippen LogP contribution in [0.15, 0.2) is 36.5 Å². The number of nitrogens with zero attached hydrogens (tertiary/aromatic N) is 3. The molecule has 0 saturated carbocycles. The lowest BCUT2D eigenvalue weighted by Crippen LogP contribution is -2.31. The number of hydrogen-bond acceptors (Lipinski definition) is 4. The molecule has 6 nitrogen and oxygen atoms in total. The Bertz CT molecular complexity index is 677. The van der Waals surface area contributed by atoms with E-state index in [1.54, 1.807) is 57.0 Å². The topological polar surface area (TPSA) is 64.4 Å². The predicted octanol–water partition coefficient (Wildman–Crippen LogP) is 1.71. The summed E-state index contributed by atoms with van der Waals surface area (Å²) in [6, 6.07) is 8.96. The molecule has 1 aromatic heterocycles. The molecule has 1 atom stereocenters. The molecule has 22 heavy (non-hydrogen) atoms. The van der Waals surface area contributed by atoms with Gasteiger partial charge in [-0.3, -0.25) is 9.48 Å². The normalized spacial score (nSPS) is 11.8. The highest BCUT2D eigenvalue weighted by molar-refractivity contribution is 5.93. The molecule has 0 bridgehead atoms. The molecule has 0 aliphatic heterocycles. The van der Waals surface area contributed by atoms with Gasteiger partial charge in [0, 0.05) is 32.4 Å². The smallest absolute Gasteiger partial charge is 0.342 e. The molecule has 6 heteroatoms. The van der Waals surface area contributed by atoms with Crippen LogP contribution in [-0.4, -0.2) is 40.7 Å². The third-order valence-corrected chi connectivity index (χ3v) is 3.45. The quantitative estimate of drug-likeness (QED) is 0.807. The summed E-state index contributed by atoms with van der Waals surface area (Å²) in [6.45, 7) is 1.77. The summed E-state index contributed by atoms with van der Waals surface area (Å²) in [5, 5.41) is 4.02. The number of amides is 1. The van der Waals surface area contributed by atoms with E-state index in [0.29, 0.717) is 16.8 Å². The first-order valence-corrected chi connectivity index (χ1v) is 6.87. The zero-order valence-corrected chi connectivity index (χ0v) is 13.1. The van der Waals surface area contributed by atoms with Crippen LogP contribution in [0.1, 0.15) is 27.7 Å². The fourth-order valence-electron chi connectivity index (χ4n) is 1.99. The van der Waals surface area contributed by atoms with Gasteiger partial charge in [0.05, 0.1) is 6.20 Å².